The van der Waals surface area contributed by atoms with Crippen LogP contribution in [-0.2, 0) is 17.6 Å². The molecule has 1 N–H and O–H groups in total. The van der Waals surface area contributed by atoms with Crippen LogP contribution in [0.1, 0.15) is 69.1 Å². The van der Waals surface area contributed by atoms with Crippen LogP contribution >= 0.6 is 0 Å². The van der Waals surface area contributed by atoms with E-state index in [0.29, 0.717) is 17.8 Å². The van der Waals surface area contributed by atoms with Gasteiger partial charge in [0, 0.05) is 36.1 Å². The molecular weight excluding hydrogens is 466 g/mol. The lowest BCUT2D eigenvalue weighted by Gasteiger charge is -2.37. The van der Waals surface area contributed by atoms with Gasteiger partial charge in [0.2, 0.25) is 0 Å². The fraction of sp³-hybridized carbons (Fsp3) is 0.400. The van der Waals surface area contributed by atoms with Gasteiger partial charge in [-0.2, -0.15) is 0 Å². The zero-order valence-corrected chi connectivity index (χ0v) is 22.0. The molecule has 0 amide bonds. The van der Waals surface area contributed by atoms with E-state index in [0.717, 1.165) is 68.8 Å². The maximum Gasteiger partial charge on any atom is 0.137 e. The lowest BCUT2D eigenvalue weighted by atomic mass is 9.66. The molecule has 0 saturated heterocycles. The number of aryl methyl sites for hydroxylation is 1. The SMILES string of the molecule is N=CC1=CC=C(C2=C3C=CC=CC3C(C3=c4oc5c(c4=C4OC6=C(C=CCC6)C4C3)CCCC5)CC2)CC1. The quantitative estimate of drug-likeness (QED) is 0.462. The van der Waals surface area contributed by atoms with Crippen molar-refractivity contribution in [2.24, 2.45) is 17.8 Å². The van der Waals surface area contributed by atoms with Crippen LogP contribution in [-0.4, -0.2) is 6.21 Å². The summed E-state index contributed by atoms with van der Waals surface area (Å²) < 4.78 is 13.5. The van der Waals surface area contributed by atoms with Gasteiger partial charge in [-0.25, -0.2) is 0 Å². The largest absolute Gasteiger partial charge is 0.464 e. The second-order valence-electron chi connectivity index (χ2n) is 11.9. The van der Waals surface area contributed by atoms with Crippen molar-refractivity contribution in [3.8, 4) is 0 Å². The number of rotatable bonds is 3. The Morgan fingerprint density at radius 1 is 0.921 bits per heavy atom. The van der Waals surface area contributed by atoms with E-state index in [2.05, 4.69) is 48.6 Å². The highest BCUT2D eigenvalue weighted by atomic mass is 16.5. The van der Waals surface area contributed by atoms with E-state index in [-0.39, 0.29) is 0 Å². The first kappa shape index (κ1) is 22.6. The van der Waals surface area contributed by atoms with Crippen LogP contribution in [0.5, 0.6) is 0 Å². The zero-order chi connectivity index (χ0) is 25.2. The summed E-state index contributed by atoms with van der Waals surface area (Å²) in [6, 6.07) is 0. The number of furan rings is 1. The van der Waals surface area contributed by atoms with Crippen molar-refractivity contribution >= 4 is 17.5 Å². The average Bonchev–Trinajstić information content (AvgIpc) is 3.55. The minimum atomic E-state index is 0.343. The number of nitrogens with one attached hydrogen (secondary N) is 1. The minimum Gasteiger partial charge on any atom is -0.464 e. The smallest absolute Gasteiger partial charge is 0.137 e. The van der Waals surface area contributed by atoms with Gasteiger partial charge in [0.05, 0.1) is 11.1 Å². The molecule has 8 rings (SSSR count). The summed E-state index contributed by atoms with van der Waals surface area (Å²) in [6.45, 7) is 0. The van der Waals surface area contributed by atoms with Crippen LogP contribution in [0.15, 0.2) is 86.6 Å². The third kappa shape index (κ3) is 3.37. The lowest BCUT2D eigenvalue weighted by Crippen LogP contribution is -2.38. The Balaban J connectivity index is 1.28. The zero-order valence-electron chi connectivity index (χ0n) is 22.0. The maximum atomic E-state index is 7.63. The molecule has 3 nitrogen and oxygen atoms in total. The molecule has 0 bridgehead atoms. The summed E-state index contributed by atoms with van der Waals surface area (Å²) in [5.74, 6) is 4.82. The van der Waals surface area contributed by atoms with Crippen LogP contribution < -0.4 is 10.6 Å². The second kappa shape index (κ2) is 8.86. The van der Waals surface area contributed by atoms with Crippen molar-refractivity contribution in [2.45, 2.75) is 70.6 Å². The monoisotopic (exact) mass is 501 g/mol. The summed E-state index contributed by atoms with van der Waals surface area (Å²) in [7, 11) is 0. The molecule has 0 fully saturated rings. The van der Waals surface area contributed by atoms with Gasteiger partial charge in [-0.3, -0.25) is 0 Å². The molecule has 3 atom stereocenters. The standard InChI is InChI=1S/C35H35NO2/c36-20-21-13-15-22(16-14-21)23-17-18-26(25-8-2-1-7-24(23)25)29-19-30-27-9-3-5-11-31(27)37-35(30)33-28-10-4-6-12-32(28)38-34(29)33/h1-3,7-9,13,15,20,25-26,30,36H,4-6,10-12,14,16-19H2. The van der Waals surface area contributed by atoms with Crippen molar-refractivity contribution in [2.75, 3.05) is 0 Å². The third-order valence-electron chi connectivity index (χ3n) is 9.97. The highest BCUT2D eigenvalue weighted by Crippen LogP contribution is 2.50. The molecule has 7 aliphatic rings. The van der Waals surface area contributed by atoms with E-state index in [1.165, 1.54) is 69.4 Å². The molecule has 38 heavy (non-hydrogen) atoms. The van der Waals surface area contributed by atoms with E-state index < -0.39 is 0 Å². The molecule has 3 unspecified atom stereocenters. The minimum absolute atomic E-state index is 0.343. The Hall–Kier alpha value is -3.33. The van der Waals surface area contributed by atoms with Crippen LogP contribution in [0.25, 0.3) is 11.3 Å². The van der Waals surface area contributed by atoms with Gasteiger partial charge in [-0.05, 0) is 91.6 Å². The Labute approximate surface area is 224 Å². The van der Waals surface area contributed by atoms with Gasteiger partial charge in [-0.15, -0.1) is 0 Å². The van der Waals surface area contributed by atoms with Crippen LogP contribution in [0.4, 0.5) is 0 Å². The summed E-state index contributed by atoms with van der Waals surface area (Å²) >= 11 is 0. The molecule has 0 saturated carbocycles. The molecule has 192 valence electrons. The highest BCUT2D eigenvalue weighted by molar-refractivity contribution is 5.77. The molecule has 0 radical (unpaired) electrons. The van der Waals surface area contributed by atoms with Gasteiger partial charge < -0.3 is 14.6 Å². The predicted molar refractivity (Wildman–Crippen MR) is 152 cm³/mol. The van der Waals surface area contributed by atoms with Crippen molar-refractivity contribution in [3.05, 3.63) is 104 Å². The fourth-order valence-corrected chi connectivity index (χ4v) is 8.14. The number of hydrogen-bond acceptors (Lipinski definition) is 3. The topological polar surface area (TPSA) is 46.2 Å². The molecule has 0 aromatic carbocycles. The highest BCUT2D eigenvalue weighted by Gasteiger charge is 2.42. The first-order chi connectivity index (χ1) is 18.8. The van der Waals surface area contributed by atoms with Gasteiger partial charge in [0.25, 0.3) is 0 Å². The molecule has 3 heteroatoms. The average molecular weight is 502 g/mol. The molecule has 1 aromatic heterocycles. The van der Waals surface area contributed by atoms with E-state index in [1.54, 1.807) is 5.57 Å². The number of allylic oxidation sites excluding steroid dienone is 13. The normalized spacial score (nSPS) is 29.2. The van der Waals surface area contributed by atoms with E-state index in [4.69, 9.17) is 14.6 Å². The Kier molecular flexibility index (Phi) is 5.28. The number of hydrogen-bond donors (Lipinski definition) is 1. The molecular formula is C35H35NO2. The molecule has 2 heterocycles. The van der Waals surface area contributed by atoms with Gasteiger partial charge in [-0.1, -0.05) is 48.6 Å². The van der Waals surface area contributed by atoms with Crippen molar-refractivity contribution < 1.29 is 9.15 Å². The van der Waals surface area contributed by atoms with E-state index >= 15 is 0 Å². The fourth-order valence-electron chi connectivity index (χ4n) is 8.14. The summed E-state index contributed by atoms with van der Waals surface area (Å²) in [4.78, 5) is 0. The second-order valence-corrected chi connectivity index (χ2v) is 11.9. The Bertz CT molecular complexity index is 1590. The molecule has 0 spiro atoms. The number of fused-ring (bicyclic) bond motifs is 6. The van der Waals surface area contributed by atoms with Crippen molar-refractivity contribution in [1.82, 2.24) is 0 Å². The maximum absolute atomic E-state index is 7.63. The van der Waals surface area contributed by atoms with Gasteiger partial charge >= 0.3 is 0 Å². The lowest BCUT2D eigenvalue weighted by molar-refractivity contribution is 0.354. The van der Waals surface area contributed by atoms with Crippen molar-refractivity contribution in [1.29, 1.82) is 5.41 Å². The van der Waals surface area contributed by atoms with Crippen molar-refractivity contribution in [3.63, 3.8) is 0 Å². The summed E-state index contributed by atoms with van der Waals surface area (Å²) in [5, 5.41) is 8.96. The third-order valence-corrected chi connectivity index (χ3v) is 9.97. The molecule has 1 aromatic rings. The summed E-state index contributed by atoms with van der Waals surface area (Å²) in [5.41, 5.74) is 11.2. The van der Waals surface area contributed by atoms with Crippen LogP contribution in [0, 0.1) is 23.2 Å². The van der Waals surface area contributed by atoms with Crippen LogP contribution in [0.2, 0.25) is 0 Å². The summed E-state index contributed by atoms with van der Waals surface area (Å²) in [6.07, 6.45) is 32.0. The predicted octanol–water partition coefficient (Wildman–Crippen LogP) is 6.82. The van der Waals surface area contributed by atoms with Gasteiger partial charge in [0.1, 0.15) is 22.7 Å². The molecule has 1 aliphatic heterocycles. The van der Waals surface area contributed by atoms with Crippen LogP contribution in [0.3, 0.4) is 0 Å². The first-order valence-corrected chi connectivity index (χ1v) is 14.7. The number of ether oxygens (including phenoxy) is 1. The Morgan fingerprint density at radius 3 is 2.76 bits per heavy atom. The Morgan fingerprint density at radius 2 is 1.87 bits per heavy atom. The first-order valence-electron chi connectivity index (χ1n) is 14.7. The van der Waals surface area contributed by atoms with E-state index in [1.807, 2.05) is 0 Å². The van der Waals surface area contributed by atoms with Gasteiger partial charge in [0.15, 0.2) is 0 Å². The van der Waals surface area contributed by atoms with E-state index in [9.17, 15) is 0 Å². The molecule has 6 aliphatic carbocycles.